The Morgan fingerprint density at radius 2 is 2.09 bits per heavy atom. The van der Waals surface area contributed by atoms with E-state index in [2.05, 4.69) is 24.0 Å². The van der Waals surface area contributed by atoms with Crippen molar-refractivity contribution in [3.63, 3.8) is 0 Å². The molecule has 0 fully saturated rings. The predicted molar refractivity (Wildman–Crippen MR) is 88.8 cm³/mol. The molecule has 1 aromatic heterocycles. The Labute approximate surface area is 135 Å². The first kappa shape index (κ1) is 16.6. The lowest BCUT2D eigenvalue weighted by Crippen LogP contribution is -2.21. The van der Waals surface area contributed by atoms with Crippen LogP contribution in [0.1, 0.15) is 18.9 Å². The molecule has 0 spiro atoms. The maximum Gasteiger partial charge on any atom is 0.305 e. The number of carbonyl (C=O) groups excluding carboxylic acids is 1. The standard InChI is InChI=1S/C17H22N2O2S/c1-13(11-16(20)21-3)15(12-14-7-5-4-6-8-14)22-17-18-9-10-19(17)2/h4-10,13,15H,11-12H2,1-3H3/t13-,15-/m1/s1. The lowest BCUT2D eigenvalue weighted by atomic mass is 9.97. The highest BCUT2D eigenvalue weighted by Crippen LogP contribution is 2.31. The first-order chi connectivity index (χ1) is 10.6. The summed E-state index contributed by atoms with van der Waals surface area (Å²) in [5, 5.41) is 1.24. The molecule has 2 atom stereocenters. The van der Waals surface area contributed by atoms with Crippen molar-refractivity contribution in [3.05, 3.63) is 48.3 Å². The number of imidazole rings is 1. The Kier molecular flexibility index (Phi) is 6.07. The van der Waals surface area contributed by atoms with Crippen LogP contribution in [0.4, 0.5) is 0 Å². The number of ether oxygens (including phenoxy) is 1. The average Bonchev–Trinajstić information content (AvgIpc) is 2.92. The third-order valence-corrected chi connectivity index (χ3v) is 5.20. The predicted octanol–water partition coefficient (Wildman–Crippen LogP) is 3.32. The number of rotatable bonds is 7. The van der Waals surface area contributed by atoms with E-state index in [-0.39, 0.29) is 17.1 Å². The number of aryl methyl sites for hydroxylation is 1. The van der Waals surface area contributed by atoms with Crippen LogP contribution >= 0.6 is 11.8 Å². The van der Waals surface area contributed by atoms with Gasteiger partial charge in [0, 0.05) is 31.1 Å². The van der Waals surface area contributed by atoms with E-state index in [4.69, 9.17) is 4.74 Å². The zero-order chi connectivity index (χ0) is 15.9. The van der Waals surface area contributed by atoms with Gasteiger partial charge in [0.1, 0.15) is 0 Å². The van der Waals surface area contributed by atoms with E-state index in [1.54, 1.807) is 18.0 Å². The van der Waals surface area contributed by atoms with Crippen LogP contribution in [0.2, 0.25) is 0 Å². The summed E-state index contributed by atoms with van der Waals surface area (Å²) in [5.41, 5.74) is 1.27. The molecule has 0 saturated heterocycles. The van der Waals surface area contributed by atoms with Crippen molar-refractivity contribution in [2.75, 3.05) is 7.11 Å². The topological polar surface area (TPSA) is 44.1 Å². The van der Waals surface area contributed by atoms with Crippen LogP contribution in [-0.4, -0.2) is 27.9 Å². The normalized spacial score (nSPS) is 13.6. The van der Waals surface area contributed by atoms with Gasteiger partial charge in [-0.05, 0) is 17.9 Å². The summed E-state index contributed by atoms with van der Waals surface area (Å²) in [6.07, 6.45) is 5.06. The number of thioether (sulfide) groups is 1. The Morgan fingerprint density at radius 1 is 1.36 bits per heavy atom. The summed E-state index contributed by atoms with van der Waals surface area (Å²) in [4.78, 5) is 16.0. The molecule has 0 unspecified atom stereocenters. The van der Waals surface area contributed by atoms with Crippen molar-refractivity contribution < 1.29 is 9.53 Å². The molecule has 0 N–H and O–H groups in total. The molecule has 22 heavy (non-hydrogen) atoms. The fraction of sp³-hybridized carbons (Fsp3) is 0.412. The first-order valence-electron chi connectivity index (χ1n) is 7.35. The van der Waals surface area contributed by atoms with Crippen LogP contribution in [-0.2, 0) is 23.0 Å². The second-order valence-electron chi connectivity index (χ2n) is 5.42. The molecule has 0 bridgehead atoms. The Hall–Kier alpha value is -1.75. The number of hydrogen-bond donors (Lipinski definition) is 0. The zero-order valence-corrected chi connectivity index (χ0v) is 14.0. The molecular formula is C17H22N2O2S. The van der Waals surface area contributed by atoms with Gasteiger partial charge < -0.3 is 9.30 Å². The third-order valence-electron chi connectivity index (χ3n) is 3.66. The lowest BCUT2D eigenvalue weighted by Gasteiger charge is -2.22. The largest absolute Gasteiger partial charge is 0.469 e. The third kappa shape index (κ3) is 4.63. The number of methoxy groups -OCH3 is 1. The van der Waals surface area contributed by atoms with Gasteiger partial charge in [0.2, 0.25) is 0 Å². The molecule has 1 aromatic carbocycles. The molecule has 118 valence electrons. The number of esters is 1. The molecule has 0 aliphatic heterocycles. The monoisotopic (exact) mass is 318 g/mol. The molecule has 2 aromatic rings. The minimum Gasteiger partial charge on any atom is -0.469 e. The number of aromatic nitrogens is 2. The Bertz CT molecular complexity index is 598. The highest BCUT2D eigenvalue weighted by Gasteiger charge is 2.23. The molecule has 5 heteroatoms. The van der Waals surface area contributed by atoms with Crippen LogP contribution < -0.4 is 0 Å². The van der Waals surface area contributed by atoms with Gasteiger partial charge >= 0.3 is 5.97 Å². The first-order valence-corrected chi connectivity index (χ1v) is 8.23. The van der Waals surface area contributed by atoms with Crippen LogP contribution in [0.25, 0.3) is 0 Å². The second kappa shape index (κ2) is 8.03. The summed E-state index contributed by atoms with van der Waals surface area (Å²) < 4.78 is 6.82. The smallest absolute Gasteiger partial charge is 0.305 e. The van der Waals surface area contributed by atoms with Gasteiger partial charge in [-0.3, -0.25) is 4.79 Å². The van der Waals surface area contributed by atoms with Crippen molar-refractivity contribution in [1.29, 1.82) is 0 Å². The van der Waals surface area contributed by atoms with E-state index in [1.165, 1.54) is 12.7 Å². The van der Waals surface area contributed by atoms with Gasteiger partial charge in [0.05, 0.1) is 7.11 Å². The van der Waals surface area contributed by atoms with Crippen LogP contribution in [0.15, 0.2) is 47.9 Å². The summed E-state index contributed by atoms with van der Waals surface area (Å²) in [6.45, 7) is 2.10. The summed E-state index contributed by atoms with van der Waals surface area (Å²) >= 11 is 1.72. The van der Waals surface area contributed by atoms with E-state index < -0.39 is 0 Å². The molecule has 0 amide bonds. The molecular weight excluding hydrogens is 296 g/mol. The fourth-order valence-corrected chi connectivity index (χ4v) is 3.51. The molecule has 0 saturated carbocycles. The van der Waals surface area contributed by atoms with Crippen molar-refractivity contribution in [1.82, 2.24) is 9.55 Å². The van der Waals surface area contributed by atoms with Gasteiger partial charge in [0.25, 0.3) is 0 Å². The minimum absolute atomic E-state index is 0.161. The maximum absolute atomic E-state index is 11.6. The van der Waals surface area contributed by atoms with Gasteiger partial charge in [0.15, 0.2) is 5.16 Å². The van der Waals surface area contributed by atoms with E-state index in [1.807, 2.05) is 36.0 Å². The summed E-state index contributed by atoms with van der Waals surface area (Å²) in [5.74, 6) is 0.0420. The quantitative estimate of drug-likeness (QED) is 0.580. The fourth-order valence-electron chi connectivity index (χ4n) is 2.28. The van der Waals surface area contributed by atoms with Gasteiger partial charge in [-0.25, -0.2) is 4.98 Å². The highest BCUT2D eigenvalue weighted by atomic mass is 32.2. The molecule has 0 aliphatic carbocycles. The molecule has 1 heterocycles. The van der Waals surface area contributed by atoms with E-state index >= 15 is 0 Å². The molecule has 0 aliphatic rings. The van der Waals surface area contributed by atoms with Crippen molar-refractivity contribution in [2.45, 2.75) is 30.2 Å². The molecule has 2 rings (SSSR count). The average molecular weight is 318 g/mol. The summed E-state index contributed by atoms with van der Waals surface area (Å²) in [6, 6.07) is 10.3. The van der Waals surface area contributed by atoms with Gasteiger partial charge in [-0.15, -0.1) is 0 Å². The van der Waals surface area contributed by atoms with Gasteiger partial charge in [-0.1, -0.05) is 49.0 Å². The number of hydrogen-bond acceptors (Lipinski definition) is 4. The van der Waals surface area contributed by atoms with E-state index in [9.17, 15) is 4.79 Å². The van der Waals surface area contributed by atoms with E-state index in [0.717, 1.165) is 11.6 Å². The number of benzene rings is 1. The Balaban J connectivity index is 2.12. The van der Waals surface area contributed by atoms with Crippen LogP contribution in [0.5, 0.6) is 0 Å². The number of carbonyl (C=O) groups is 1. The second-order valence-corrected chi connectivity index (χ2v) is 6.63. The summed E-state index contributed by atoms with van der Waals surface area (Å²) in [7, 11) is 3.42. The number of nitrogens with zero attached hydrogens (tertiary/aromatic N) is 2. The molecule has 0 radical (unpaired) electrons. The van der Waals surface area contributed by atoms with Crippen molar-refractivity contribution in [2.24, 2.45) is 13.0 Å². The SMILES string of the molecule is COC(=O)C[C@@H](C)[C@@H](Cc1ccccc1)Sc1nccn1C. The van der Waals surface area contributed by atoms with Gasteiger partial charge in [-0.2, -0.15) is 0 Å². The van der Waals surface area contributed by atoms with E-state index in [0.29, 0.717) is 6.42 Å². The van der Waals surface area contributed by atoms with Crippen molar-refractivity contribution >= 4 is 17.7 Å². The Morgan fingerprint density at radius 3 is 2.68 bits per heavy atom. The van der Waals surface area contributed by atoms with Crippen LogP contribution in [0.3, 0.4) is 0 Å². The maximum atomic E-state index is 11.6. The minimum atomic E-state index is -0.161. The molecule has 4 nitrogen and oxygen atoms in total. The zero-order valence-electron chi connectivity index (χ0n) is 13.2. The lowest BCUT2D eigenvalue weighted by molar-refractivity contribution is -0.141. The van der Waals surface area contributed by atoms with Crippen LogP contribution in [0, 0.1) is 5.92 Å². The highest BCUT2D eigenvalue weighted by molar-refractivity contribution is 7.99. The van der Waals surface area contributed by atoms with Crippen molar-refractivity contribution in [3.8, 4) is 0 Å².